The first-order valence-corrected chi connectivity index (χ1v) is 6.81. The van der Waals surface area contributed by atoms with E-state index < -0.39 is 0 Å². The molecule has 1 N–H and O–H groups in total. The van der Waals surface area contributed by atoms with E-state index in [0.29, 0.717) is 5.56 Å². The lowest BCUT2D eigenvalue weighted by molar-refractivity contribution is 0.102. The van der Waals surface area contributed by atoms with Gasteiger partial charge in [-0.1, -0.05) is 6.07 Å². The third-order valence-electron chi connectivity index (χ3n) is 2.77. The molecule has 3 rings (SSSR count). The van der Waals surface area contributed by atoms with Crippen LogP contribution in [0, 0.1) is 3.57 Å². The summed E-state index contributed by atoms with van der Waals surface area (Å²) in [6.45, 7) is 0. The molecule has 0 bridgehead atoms. The Kier molecular flexibility index (Phi) is 3.20. The molecule has 0 spiro atoms. The lowest BCUT2D eigenvalue weighted by atomic mass is 10.2. The monoisotopic (exact) mass is 363 g/mol. The number of halogens is 1. The van der Waals surface area contributed by atoms with E-state index >= 15 is 0 Å². The van der Waals surface area contributed by atoms with Crippen LogP contribution >= 0.6 is 22.6 Å². The van der Waals surface area contributed by atoms with Crippen molar-refractivity contribution < 1.29 is 4.79 Å². The second-order valence-corrected chi connectivity index (χ2v) is 5.30. The summed E-state index contributed by atoms with van der Waals surface area (Å²) in [5, 5.41) is 7.02. The van der Waals surface area contributed by atoms with Crippen molar-refractivity contribution in [2.75, 3.05) is 5.32 Å². The highest BCUT2D eigenvalue weighted by atomic mass is 127. The molecule has 19 heavy (non-hydrogen) atoms. The number of benzene rings is 1. The molecule has 4 nitrogen and oxygen atoms in total. The van der Waals surface area contributed by atoms with E-state index in [-0.39, 0.29) is 5.91 Å². The van der Waals surface area contributed by atoms with Gasteiger partial charge in [0.15, 0.2) is 0 Å². The standard InChI is InChI=1S/C14H10IN3O/c15-10-4-6-11(7-5-10)17-14(19)12-9-16-18-8-2-1-3-13(12)18/h1-9H,(H,17,19). The molecule has 0 radical (unpaired) electrons. The summed E-state index contributed by atoms with van der Waals surface area (Å²) >= 11 is 2.23. The number of carbonyl (C=O) groups excluding carboxylic acids is 1. The first-order valence-electron chi connectivity index (χ1n) is 5.73. The fourth-order valence-electron chi connectivity index (χ4n) is 1.84. The van der Waals surface area contributed by atoms with Gasteiger partial charge in [-0.25, -0.2) is 4.52 Å². The fourth-order valence-corrected chi connectivity index (χ4v) is 2.20. The van der Waals surface area contributed by atoms with Crippen LogP contribution in [0.15, 0.2) is 54.9 Å². The van der Waals surface area contributed by atoms with Crippen LogP contribution < -0.4 is 5.32 Å². The van der Waals surface area contributed by atoms with Gasteiger partial charge in [-0.05, 0) is 59.0 Å². The number of pyridine rings is 1. The van der Waals surface area contributed by atoms with Crippen LogP contribution in [0.1, 0.15) is 10.4 Å². The minimum absolute atomic E-state index is 0.151. The van der Waals surface area contributed by atoms with Crippen LogP contribution in [0.5, 0.6) is 0 Å². The molecule has 2 aromatic heterocycles. The topological polar surface area (TPSA) is 46.4 Å². The van der Waals surface area contributed by atoms with Crippen LogP contribution in [0.2, 0.25) is 0 Å². The Balaban J connectivity index is 1.90. The number of carbonyl (C=O) groups is 1. The zero-order valence-electron chi connectivity index (χ0n) is 9.88. The molecule has 5 heteroatoms. The Morgan fingerprint density at radius 3 is 2.74 bits per heavy atom. The van der Waals surface area contributed by atoms with Gasteiger partial charge in [0.2, 0.25) is 0 Å². The summed E-state index contributed by atoms with van der Waals surface area (Å²) in [6, 6.07) is 13.3. The van der Waals surface area contributed by atoms with E-state index in [2.05, 4.69) is 33.0 Å². The number of fused-ring (bicyclic) bond motifs is 1. The van der Waals surface area contributed by atoms with Crippen molar-refractivity contribution in [2.24, 2.45) is 0 Å². The number of anilines is 1. The largest absolute Gasteiger partial charge is 0.322 e. The van der Waals surface area contributed by atoms with Crippen molar-refractivity contribution in [1.29, 1.82) is 0 Å². The van der Waals surface area contributed by atoms with Crippen molar-refractivity contribution >= 4 is 39.7 Å². The molecule has 1 amide bonds. The molecular weight excluding hydrogens is 353 g/mol. The van der Waals surface area contributed by atoms with Crippen molar-refractivity contribution in [3.8, 4) is 0 Å². The number of amides is 1. The molecule has 1 aromatic carbocycles. The van der Waals surface area contributed by atoms with Crippen molar-refractivity contribution in [1.82, 2.24) is 9.61 Å². The second kappa shape index (κ2) is 5.00. The van der Waals surface area contributed by atoms with E-state index in [0.717, 1.165) is 14.8 Å². The second-order valence-electron chi connectivity index (χ2n) is 4.05. The van der Waals surface area contributed by atoms with Crippen molar-refractivity contribution in [3.63, 3.8) is 0 Å². The smallest absolute Gasteiger partial charge is 0.259 e. The van der Waals surface area contributed by atoms with Crippen molar-refractivity contribution in [3.05, 3.63) is 64.0 Å². The first-order chi connectivity index (χ1) is 9.24. The Morgan fingerprint density at radius 1 is 1.16 bits per heavy atom. The fraction of sp³-hybridized carbons (Fsp3) is 0. The summed E-state index contributed by atoms with van der Waals surface area (Å²) in [5.74, 6) is -0.151. The van der Waals surface area contributed by atoms with Gasteiger partial charge in [-0.15, -0.1) is 0 Å². The maximum atomic E-state index is 12.2. The normalized spacial score (nSPS) is 10.6. The number of hydrogen-bond donors (Lipinski definition) is 1. The third-order valence-corrected chi connectivity index (χ3v) is 3.49. The van der Waals surface area contributed by atoms with Gasteiger partial charge in [0.25, 0.3) is 5.91 Å². The maximum absolute atomic E-state index is 12.2. The Hall–Kier alpha value is -1.89. The van der Waals surface area contributed by atoms with Crippen LogP contribution in [-0.4, -0.2) is 15.5 Å². The van der Waals surface area contributed by atoms with Crippen LogP contribution in [0.3, 0.4) is 0 Å². The third kappa shape index (κ3) is 2.46. The van der Waals surface area contributed by atoms with E-state index in [1.807, 2.05) is 48.7 Å². The molecule has 0 saturated heterocycles. The van der Waals surface area contributed by atoms with E-state index in [4.69, 9.17) is 0 Å². The summed E-state index contributed by atoms with van der Waals surface area (Å²) in [7, 11) is 0. The molecule has 0 aliphatic carbocycles. The number of hydrogen-bond acceptors (Lipinski definition) is 2. The average molecular weight is 363 g/mol. The Bertz CT molecular complexity index is 734. The van der Waals surface area contributed by atoms with Gasteiger partial charge in [-0.3, -0.25) is 4.79 Å². The molecule has 3 aromatic rings. The molecule has 0 aliphatic rings. The quantitative estimate of drug-likeness (QED) is 0.711. The van der Waals surface area contributed by atoms with Gasteiger partial charge in [0.1, 0.15) is 0 Å². The highest BCUT2D eigenvalue weighted by Crippen LogP contribution is 2.15. The molecule has 0 saturated carbocycles. The van der Waals surface area contributed by atoms with E-state index in [1.165, 1.54) is 0 Å². The van der Waals surface area contributed by atoms with Gasteiger partial charge in [0, 0.05) is 15.5 Å². The SMILES string of the molecule is O=C(Nc1ccc(I)cc1)c1cnn2ccccc12. The predicted molar refractivity (Wildman–Crippen MR) is 82.3 cm³/mol. The average Bonchev–Trinajstić information content (AvgIpc) is 2.85. The van der Waals surface area contributed by atoms with Gasteiger partial charge >= 0.3 is 0 Å². The van der Waals surface area contributed by atoms with Crippen LogP contribution in [0.25, 0.3) is 5.52 Å². The maximum Gasteiger partial charge on any atom is 0.259 e. The van der Waals surface area contributed by atoms with Crippen LogP contribution in [-0.2, 0) is 0 Å². The predicted octanol–water partition coefficient (Wildman–Crippen LogP) is 3.19. The molecule has 0 fully saturated rings. The Labute approximate surface area is 123 Å². The number of nitrogens with one attached hydrogen (secondary N) is 1. The lowest BCUT2D eigenvalue weighted by Crippen LogP contribution is -2.11. The number of rotatable bonds is 2. The number of aromatic nitrogens is 2. The summed E-state index contributed by atoms with van der Waals surface area (Å²) < 4.78 is 2.81. The highest BCUT2D eigenvalue weighted by Gasteiger charge is 2.12. The van der Waals surface area contributed by atoms with Gasteiger partial charge < -0.3 is 5.32 Å². The molecule has 94 valence electrons. The van der Waals surface area contributed by atoms with Crippen molar-refractivity contribution in [2.45, 2.75) is 0 Å². The van der Waals surface area contributed by atoms with Gasteiger partial charge in [0.05, 0.1) is 17.3 Å². The minimum Gasteiger partial charge on any atom is -0.322 e. The zero-order valence-corrected chi connectivity index (χ0v) is 12.0. The highest BCUT2D eigenvalue weighted by molar-refractivity contribution is 14.1. The van der Waals surface area contributed by atoms with E-state index in [1.54, 1.807) is 10.7 Å². The molecular formula is C14H10IN3O. The molecule has 0 atom stereocenters. The lowest BCUT2D eigenvalue weighted by Gasteiger charge is -2.04. The van der Waals surface area contributed by atoms with Gasteiger partial charge in [-0.2, -0.15) is 5.10 Å². The summed E-state index contributed by atoms with van der Waals surface area (Å²) in [5.41, 5.74) is 2.14. The van der Waals surface area contributed by atoms with E-state index in [9.17, 15) is 4.79 Å². The summed E-state index contributed by atoms with van der Waals surface area (Å²) in [4.78, 5) is 12.2. The minimum atomic E-state index is -0.151. The molecule has 0 unspecified atom stereocenters. The zero-order chi connectivity index (χ0) is 13.2. The summed E-state index contributed by atoms with van der Waals surface area (Å²) in [6.07, 6.45) is 3.40. The number of nitrogens with zero attached hydrogens (tertiary/aromatic N) is 2. The molecule has 2 heterocycles. The first kappa shape index (κ1) is 12.2. The Morgan fingerprint density at radius 2 is 1.95 bits per heavy atom. The molecule has 0 aliphatic heterocycles. The van der Waals surface area contributed by atoms with Crippen LogP contribution in [0.4, 0.5) is 5.69 Å².